The van der Waals surface area contributed by atoms with Crippen LogP contribution in [0.2, 0.25) is 0 Å². The van der Waals surface area contributed by atoms with Gasteiger partial charge in [0, 0.05) is 23.1 Å². The highest BCUT2D eigenvalue weighted by molar-refractivity contribution is 5.97. The van der Waals surface area contributed by atoms with E-state index in [2.05, 4.69) is 15.4 Å². The number of nitrogens with one attached hydrogen (secondary N) is 1. The number of hydrogen-bond donors (Lipinski definition) is 2. The van der Waals surface area contributed by atoms with Crippen LogP contribution in [0.15, 0.2) is 24.5 Å². The van der Waals surface area contributed by atoms with E-state index in [-0.39, 0.29) is 41.4 Å². The lowest BCUT2D eigenvalue weighted by atomic mass is 9.95. The van der Waals surface area contributed by atoms with Crippen molar-refractivity contribution in [2.24, 2.45) is 5.41 Å². The molecular formula is C24H25F5N6O2. The van der Waals surface area contributed by atoms with Crippen molar-refractivity contribution in [2.45, 2.75) is 46.1 Å². The van der Waals surface area contributed by atoms with Crippen LogP contribution in [0.1, 0.15) is 42.3 Å². The molecule has 8 nitrogen and oxygen atoms in total. The van der Waals surface area contributed by atoms with Gasteiger partial charge >= 0.3 is 6.18 Å². The van der Waals surface area contributed by atoms with Crippen molar-refractivity contribution in [1.82, 2.24) is 24.8 Å². The van der Waals surface area contributed by atoms with Crippen molar-refractivity contribution in [2.75, 3.05) is 18.8 Å². The lowest BCUT2D eigenvalue weighted by molar-refractivity contribution is -0.138. The SMILES string of the molecule is Cc1c(F)cc(-c2cc(C(F)(F)F)c3c(N)ncnn23)cc1C(=O)N[C@@H]1CN(C(=O)C(C)(C)C)C[C@@H]1F. The summed E-state index contributed by atoms with van der Waals surface area (Å²) in [6.07, 6.45) is -5.40. The van der Waals surface area contributed by atoms with E-state index in [0.29, 0.717) is 0 Å². The zero-order valence-corrected chi connectivity index (χ0v) is 20.5. The second-order valence-electron chi connectivity index (χ2n) is 10.0. The van der Waals surface area contributed by atoms with Gasteiger partial charge in [0.25, 0.3) is 5.91 Å². The number of hydrogen-bond acceptors (Lipinski definition) is 5. The topological polar surface area (TPSA) is 106 Å². The Labute approximate surface area is 208 Å². The third-order valence-electron chi connectivity index (χ3n) is 6.27. The van der Waals surface area contributed by atoms with E-state index in [0.717, 1.165) is 23.0 Å². The Morgan fingerprint density at radius 3 is 2.43 bits per heavy atom. The Bertz CT molecular complexity index is 1390. The number of anilines is 1. The molecule has 2 aromatic heterocycles. The van der Waals surface area contributed by atoms with Gasteiger partial charge in [0.1, 0.15) is 23.8 Å². The maximum atomic E-state index is 14.9. The molecule has 13 heteroatoms. The van der Waals surface area contributed by atoms with E-state index in [9.17, 15) is 31.5 Å². The Kier molecular flexibility index (Phi) is 6.37. The molecule has 2 atom stereocenters. The normalized spacial score (nSPS) is 18.5. The van der Waals surface area contributed by atoms with E-state index >= 15 is 0 Å². The Balaban J connectivity index is 1.70. The van der Waals surface area contributed by atoms with Crippen molar-refractivity contribution in [3.8, 4) is 11.3 Å². The van der Waals surface area contributed by atoms with Gasteiger partial charge in [-0.1, -0.05) is 20.8 Å². The molecule has 1 saturated heterocycles. The van der Waals surface area contributed by atoms with E-state index in [1.54, 1.807) is 20.8 Å². The summed E-state index contributed by atoms with van der Waals surface area (Å²) in [6.45, 7) is 6.13. The number of carbonyl (C=O) groups excluding carboxylic acids is 2. The molecule has 0 unspecified atom stereocenters. The molecule has 198 valence electrons. The molecule has 1 fully saturated rings. The summed E-state index contributed by atoms with van der Waals surface area (Å²) in [5, 5.41) is 6.33. The van der Waals surface area contributed by atoms with Crippen molar-refractivity contribution in [3.63, 3.8) is 0 Å². The number of carbonyl (C=O) groups is 2. The first-order valence-corrected chi connectivity index (χ1v) is 11.3. The van der Waals surface area contributed by atoms with Crippen LogP contribution in [0, 0.1) is 18.2 Å². The first-order valence-electron chi connectivity index (χ1n) is 11.3. The molecule has 37 heavy (non-hydrogen) atoms. The second-order valence-corrected chi connectivity index (χ2v) is 10.0. The number of fused-ring (bicyclic) bond motifs is 1. The summed E-state index contributed by atoms with van der Waals surface area (Å²) in [6, 6.07) is 1.89. The van der Waals surface area contributed by atoms with Crippen LogP contribution in [0.25, 0.3) is 16.8 Å². The molecule has 1 aromatic carbocycles. The standard InChI is InChI=1S/C24H25F5N6O2/c1-11-13(21(36)33-17-9-34(8-16(17)26)22(37)23(2,3)4)5-12(6-15(11)25)18-7-14(24(27,28)29)19-20(30)31-10-32-35(18)19/h5-7,10,16-17H,8-9H2,1-4H3,(H,33,36)(H2,30,31,32)/t16-,17+/m0/s1. The zero-order valence-electron chi connectivity index (χ0n) is 20.5. The maximum Gasteiger partial charge on any atom is 0.418 e. The molecule has 1 aliphatic heterocycles. The molecule has 0 saturated carbocycles. The lowest BCUT2D eigenvalue weighted by Crippen LogP contribution is -2.43. The number of aromatic nitrogens is 3. The first kappa shape index (κ1) is 26.3. The van der Waals surface area contributed by atoms with Gasteiger partial charge < -0.3 is 16.0 Å². The minimum atomic E-state index is -4.80. The molecule has 4 rings (SSSR count). The minimum Gasteiger partial charge on any atom is -0.382 e. The number of rotatable bonds is 3. The fourth-order valence-electron chi connectivity index (χ4n) is 4.34. The van der Waals surface area contributed by atoms with E-state index in [1.165, 1.54) is 17.9 Å². The fraction of sp³-hybridized carbons (Fsp3) is 0.417. The zero-order chi connectivity index (χ0) is 27.4. The summed E-state index contributed by atoms with van der Waals surface area (Å²) >= 11 is 0. The first-order chi connectivity index (χ1) is 17.1. The third-order valence-corrected chi connectivity index (χ3v) is 6.27. The van der Waals surface area contributed by atoms with Gasteiger partial charge in [0.2, 0.25) is 5.91 Å². The van der Waals surface area contributed by atoms with Gasteiger partial charge in [-0.05, 0) is 30.7 Å². The second kappa shape index (κ2) is 8.96. The van der Waals surface area contributed by atoms with Crippen LogP contribution in [0.5, 0.6) is 0 Å². The van der Waals surface area contributed by atoms with Crippen LogP contribution in [-0.2, 0) is 11.0 Å². The molecule has 0 aliphatic carbocycles. The minimum absolute atomic E-state index is 0.0707. The molecule has 3 aromatic rings. The van der Waals surface area contributed by atoms with Crippen LogP contribution in [0.4, 0.5) is 27.8 Å². The van der Waals surface area contributed by atoms with Crippen molar-refractivity contribution in [3.05, 3.63) is 47.0 Å². The van der Waals surface area contributed by atoms with Gasteiger partial charge in [-0.15, -0.1) is 0 Å². The molecule has 1 aliphatic rings. The number of amides is 2. The quantitative estimate of drug-likeness (QED) is 0.508. The summed E-state index contributed by atoms with van der Waals surface area (Å²) in [4.78, 5) is 30.5. The number of halogens is 5. The molecule has 3 N–H and O–H groups in total. The maximum absolute atomic E-state index is 14.9. The molecule has 3 heterocycles. The van der Waals surface area contributed by atoms with Crippen molar-refractivity contribution >= 4 is 23.1 Å². The predicted octanol–water partition coefficient (Wildman–Crippen LogP) is 3.77. The number of nitrogen functional groups attached to an aromatic ring is 1. The highest BCUT2D eigenvalue weighted by Gasteiger charge is 2.40. The van der Waals surface area contributed by atoms with Gasteiger partial charge in [-0.3, -0.25) is 9.59 Å². The van der Waals surface area contributed by atoms with E-state index in [1.807, 2.05) is 0 Å². The van der Waals surface area contributed by atoms with Crippen LogP contribution < -0.4 is 11.1 Å². The molecule has 0 radical (unpaired) electrons. The number of likely N-dealkylation sites (tertiary alicyclic amines) is 1. The van der Waals surface area contributed by atoms with Gasteiger partial charge in [-0.25, -0.2) is 18.3 Å². The fourth-order valence-corrected chi connectivity index (χ4v) is 4.34. The Morgan fingerprint density at radius 2 is 1.81 bits per heavy atom. The van der Waals surface area contributed by atoms with Gasteiger partial charge in [0.15, 0.2) is 5.82 Å². The lowest BCUT2D eigenvalue weighted by Gasteiger charge is -2.25. The number of nitrogens with zero attached hydrogens (tertiary/aromatic N) is 4. The Hall–Kier alpha value is -3.77. The van der Waals surface area contributed by atoms with Crippen LogP contribution in [0.3, 0.4) is 0 Å². The van der Waals surface area contributed by atoms with Crippen LogP contribution in [-0.4, -0.2) is 56.6 Å². The summed E-state index contributed by atoms with van der Waals surface area (Å²) in [5.74, 6) is -2.40. The largest absolute Gasteiger partial charge is 0.418 e. The number of nitrogens with two attached hydrogens (primary N) is 1. The molecule has 0 bridgehead atoms. The van der Waals surface area contributed by atoms with Crippen LogP contribution >= 0.6 is 0 Å². The average Bonchev–Trinajstić information content (AvgIpc) is 3.36. The highest BCUT2D eigenvalue weighted by atomic mass is 19.4. The summed E-state index contributed by atoms with van der Waals surface area (Å²) in [5.41, 5.74) is 2.76. The Morgan fingerprint density at radius 1 is 1.14 bits per heavy atom. The summed E-state index contributed by atoms with van der Waals surface area (Å²) < 4.78 is 71.5. The highest BCUT2D eigenvalue weighted by Crippen LogP contribution is 2.39. The monoisotopic (exact) mass is 524 g/mol. The van der Waals surface area contributed by atoms with Crippen molar-refractivity contribution < 1.29 is 31.5 Å². The van der Waals surface area contributed by atoms with E-state index < -0.39 is 52.4 Å². The number of benzene rings is 1. The number of alkyl halides is 4. The molecule has 2 amide bonds. The molecular weight excluding hydrogens is 499 g/mol. The van der Waals surface area contributed by atoms with Gasteiger partial charge in [0.05, 0.1) is 23.8 Å². The molecule has 0 spiro atoms. The summed E-state index contributed by atoms with van der Waals surface area (Å²) in [7, 11) is 0. The third kappa shape index (κ3) is 4.81. The predicted molar refractivity (Wildman–Crippen MR) is 125 cm³/mol. The van der Waals surface area contributed by atoms with E-state index in [4.69, 9.17) is 5.73 Å². The van der Waals surface area contributed by atoms with Crippen molar-refractivity contribution in [1.29, 1.82) is 0 Å². The van der Waals surface area contributed by atoms with Gasteiger partial charge in [-0.2, -0.15) is 18.3 Å². The average molecular weight is 524 g/mol. The smallest absolute Gasteiger partial charge is 0.382 e.